The zero-order valence-electron chi connectivity index (χ0n) is 6.18. The van der Waals surface area contributed by atoms with Crippen LogP contribution >= 0.6 is 0 Å². The Kier molecular flexibility index (Phi) is 4.51. The molecule has 12 heavy (non-hydrogen) atoms. The van der Waals surface area contributed by atoms with Gasteiger partial charge in [0, 0.05) is 51.4 Å². The van der Waals surface area contributed by atoms with E-state index in [4.69, 9.17) is 4.55 Å². The van der Waals surface area contributed by atoms with Gasteiger partial charge in [-0.1, -0.05) is 0 Å². The quantitative estimate of drug-likeness (QED) is 0.245. The van der Waals surface area contributed by atoms with Crippen molar-refractivity contribution in [2.45, 2.75) is 11.7 Å². The monoisotopic (exact) mass is 219 g/mol. The van der Waals surface area contributed by atoms with E-state index in [9.17, 15) is 18.0 Å². The van der Waals surface area contributed by atoms with Crippen molar-refractivity contribution in [3.63, 3.8) is 0 Å². The van der Waals surface area contributed by atoms with Gasteiger partial charge in [-0.3, -0.25) is 14.1 Å². The Bertz CT molecular complexity index is 306. The maximum Gasteiger partial charge on any atom is 0.335 e. The second-order valence-corrected chi connectivity index (χ2v) is 3.60. The van der Waals surface area contributed by atoms with Gasteiger partial charge in [-0.05, 0) is 0 Å². The smallest absolute Gasteiger partial charge is 0.335 e. The van der Waals surface area contributed by atoms with Crippen molar-refractivity contribution >= 4 is 73.4 Å². The van der Waals surface area contributed by atoms with E-state index in [1.807, 2.05) is 0 Å². The van der Waals surface area contributed by atoms with Gasteiger partial charge in [0.25, 0.3) is 10.1 Å². The van der Waals surface area contributed by atoms with Gasteiger partial charge in [0.05, 0.1) is 6.42 Å². The van der Waals surface area contributed by atoms with Crippen molar-refractivity contribution in [1.82, 2.24) is 0 Å². The van der Waals surface area contributed by atoms with E-state index in [0.717, 1.165) is 0 Å². The van der Waals surface area contributed by atoms with Crippen molar-refractivity contribution in [1.29, 1.82) is 0 Å². The largest absolute Gasteiger partial charge is 0.392 e. The molecule has 0 spiro atoms. The summed E-state index contributed by atoms with van der Waals surface area (Å²) >= 11 is 0. The number of esters is 2. The molecule has 1 rings (SSSR count). The zero-order chi connectivity index (χ0) is 8.65. The third-order valence-electron chi connectivity index (χ3n) is 1.19. The standard InChI is InChI=1S/C4H4O6S.K/c5-3-1-2(4(6)10-3)11(7,8)9;/h2H,1H2,(H,7,8,9);. The van der Waals surface area contributed by atoms with Gasteiger partial charge in [0.2, 0.25) is 0 Å². The molecule has 1 saturated heterocycles. The summed E-state index contributed by atoms with van der Waals surface area (Å²) in [4.78, 5) is 20.7. The number of hydrogen-bond acceptors (Lipinski definition) is 5. The van der Waals surface area contributed by atoms with Crippen LogP contribution in [0.5, 0.6) is 0 Å². The van der Waals surface area contributed by atoms with Gasteiger partial charge >= 0.3 is 11.9 Å². The Labute approximate surface area is 111 Å². The van der Waals surface area contributed by atoms with Crippen LogP contribution in [-0.4, -0.2) is 81.5 Å². The van der Waals surface area contributed by atoms with Crippen molar-refractivity contribution in [3.05, 3.63) is 0 Å². The SMILES string of the molecule is O=C1CC(S(=O)(=O)O)C(=O)O1.[K]. The normalized spacial score (nSPS) is 23.2. The third kappa shape index (κ3) is 2.87. The average Bonchev–Trinajstić information content (AvgIpc) is 2.08. The van der Waals surface area contributed by atoms with Crippen LogP contribution in [0.15, 0.2) is 0 Å². The van der Waals surface area contributed by atoms with E-state index in [-0.39, 0.29) is 51.4 Å². The van der Waals surface area contributed by atoms with Crippen molar-refractivity contribution in [2.24, 2.45) is 0 Å². The minimum absolute atomic E-state index is 0. The number of hydrogen-bond donors (Lipinski definition) is 1. The van der Waals surface area contributed by atoms with Gasteiger partial charge < -0.3 is 4.74 Å². The topological polar surface area (TPSA) is 97.7 Å². The molecule has 0 aromatic carbocycles. The second kappa shape index (κ2) is 4.27. The fourth-order valence-electron chi connectivity index (χ4n) is 0.681. The molecule has 0 bridgehead atoms. The molecule has 0 saturated carbocycles. The molecule has 1 radical (unpaired) electrons. The van der Waals surface area contributed by atoms with Crippen molar-refractivity contribution in [3.8, 4) is 0 Å². The molecular formula is C4H4KO6S. The first kappa shape index (κ1) is 12.7. The predicted octanol–water partition coefficient (Wildman–Crippen LogP) is -1.66. The van der Waals surface area contributed by atoms with Gasteiger partial charge in [-0.2, -0.15) is 8.42 Å². The van der Waals surface area contributed by atoms with Crippen LogP contribution in [0, 0.1) is 0 Å². The summed E-state index contributed by atoms with van der Waals surface area (Å²) in [5.41, 5.74) is 0. The molecule has 1 N–H and O–H groups in total. The molecule has 0 aliphatic carbocycles. The molecule has 63 valence electrons. The molecular weight excluding hydrogens is 215 g/mol. The summed E-state index contributed by atoms with van der Waals surface area (Å²) < 4.78 is 32.8. The number of cyclic esters (lactones) is 2. The van der Waals surface area contributed by atoms with E-state index in [1.165, 1.54) is 0 Å². The van der Waals surface area contributed by atoms with Crippen LogP contribution in [0.4, 0.5) is 0 Å². The summed E-state index contributed by atoms with van der Waals surface area (Å²) in [7, 11) is -4.48. The summed E-state index contributed by atoms with van der Waals surface area (Å²) in [5, 5.41) is -1.73. The molecule has 1 heterocycles. The van der Waals surface area contributed by atoms with Crippen LogP contribution in [0.1, 0.15) is 6.42 Å². The molecule has 6 nitrogen and oxygen atoms in total. The Balaban J connectivity index is 0.00000121. The number of rotatable bonds is 1. The molecule has 1 aliphatic rings. The summed E-state index contributed by atoms with van der Waals surface area (Å²) in [5.74, 6) is -2.14. The van der Waals surface area contributed by atoms with Gasteiger partial charge in [0.15, 0.2) is 5.25 Å². The van der Waals surface area contributed by atoms with Crippen molar-refractivity contribution < 1.29 is 27.3 Å². The van der Waals surface area contributed by atoms with E-state index < -0.39 is 33.7 Å². The predicted molar refractivity (Wildman–Crippen MR) is 36.8 cm³/mol. The molecule has 0 amide bonds. The number of ether oxygens (including phenoxy) is 1. The Morgan fingerprint density at radius 2 is 1.92 bits per heavy atom. The summed E-state index contributed by atoms with van der Waals surface area (Å²) in [6.45, 7) is 0. The van der Waals surface area contributed by atoms with Crippen LogP contribution in [0.2, 0.25) is 0 Å². The molecule has 8 heteroatoms. The van der Waals surface area contributed by atoms with Crippen molar-refractivity contribution in [2.75, 3.05) is 0 Å². The number of carbonyl (C=O) groups excluding carboxylic acids is 2. The van der Waals surface area contributed by atoms with Crippen LogP contribution in [0.25, 0.3) is 0 Å². The average molecular weight is 219 g/mol. The van der Waals surface area contributed by atoms with E-state index >= 15 is 0 Å². The second-order valence-electron chi connectivity index (χ2n) is 2.00. The zero-order valence-corrected chi connectivity index (χ0v) is 10.1. The molecule has 0 aromatic heterocycles. The minimum atomic E-state index is -4.48. The molecule has 1 aliphatic heterocycles. The third-order valence-corrected chi connectivity index (χ3v) is 2.27. The maximum atomic E-state index is 10.4. The summed E-state index contributed by atoms with van der Waals surface area (Å²) in [6, 6.07) is 0. The van der Waals surface area contributed by atoms with Gasteiger partial charge in [-0.15, -0.1) is 0 Å². The fraction of sp³-hybridized carbons (Fsp3) is 0.500. The Morgan fingerprint density at radius 1 is 1.42 bits per heavy atom. The van der Waals surface area contributed by atoms with Crippen LogP contribution in [0.3, 0.4) is 0 Å². The van der Waals surface area contributed by atoms with E-state index in [2.05, 4.69) is 4.74 Å². The number of carbonyl (C=O) groups is 2. The first-order valence-corrected chi connectivity index (χ1v) is 4.12. The maximum absolute atomic E-state index is 10.4. The van der Waals surface area contributed by atoms with Gasteiger partial charge in [0.1, 0.15) is 0 Å². The summed E-state index contributed by atoms with van der Waals surface area (Å²) in [6.07, 6.45) is -0.600. The molecule has 0 aromatic rings. The first-order chi connectivity index (χ1) is 4.91. The van der Waals surface area contributed by atoms with Gasteiger partial charge in [-0.25, -0.2) is 0 Å². The first-order valence-electron chi connectivity index (χ1n) is 2.62. The molecule has 1 unspecified atom stereocenters. The molecule has 1 atom stereocenters. The Morgan fingerprint density at radius 3 is 2.08 bits per heavy atom. The van der Waals surface area contributed by atoms with Crippen LogP contribution < -0.4 is 0 Å². The van der Waals surface area contributed by atoms with E-state index in [1.54, 1.807) is 0 Å². The van der Waals surface area contributed by atoms with Crippen LogP contribution in [-0.2, 0) is 24.4 Å². The Hall–Kier alpha value is 0.686. The van der Waals surface area contributed by atoms with E-state index in [0.29, 0.717) is 0 Å². The fourth-order valence-corrected chi connectivity index (χ4v) is 1.32. The minimum Gasteiger partial charge on any atom is -0.392 e. The molecule has 1 fully saturated rings.